The molecule has 14 heavy (non-hydrogen) atoms. The van der Waals surface area contributed by atoms with Gasteiger partial charge in [0.05, 0.1) is 6.20 Å². The van der Waals surface area contributed by atoms with E-state index >= 15 is 0 Å². The molecule has 2 rings (SSSR count). The maximum Gasteiger partial charge on any atom is 0.0540 e. The van der Waals surface area contributed by atoms with Crippen LogP contribution in [0, 0.1) is 12.8 Å². The molecule has 0 bridgehead atoms. The Labute approximate surface area is 85.3 Å². The highest BCUT2D eigenvalue weighted by Crippen LogP contribution is 2.34. The van der Waals surface area contributed by atoms with Crippen LogP contribution in [0.5, 0.6) is 0 Å². The fourth-order valence-corrected chi connectivity index (χ4v) is 2.09. The van der Waals surface area contributed by atoms with E-state index in [0.717, 1.165) is 12.3 Å². The second kappa shape index (κ2) is 3.73. The van der Waals surface area contributed by atoms with Crippen LogP contribution in [0.2, 0.25) is 0 Å². The van der Waals surface area contributed by atoms with Gasteiger partial charge in [-0.1, -0.05) is 19.3 Å². The first-order valence-electron chi connectivity index (χ1n) is 5.42. The Bertz CT molecular complexity index is 312. The number of nitrogens with two attached hydrogens (primary N) is 1. The Kier molecular flexibility index (Phi) is 2.59. The van der Waals surface area contributed by atoms with Gasteiger partial charge in [-0.3, -0.25) is 4.68 Å². The van der Waals surface area contributed by atoms with Crippen molar-refractivity contribution < 1.29 is 0 Å². The maximum absolute atomic E-state index is 6.17. The van der Waals surface area contributed by atoms with Crippen molar-refractivity contribution in [3.63, 3.8) is 0 Å². The second-order valence-electron chi connectivity index (χ2n) is 4.45. The van der Waals surface area contributed by atoms with Gasteiger partial charge in [0.1, 0.15) is 0 Å². The summed E-state index contributed by atoms with van der Waals surface area (Å²) < 4.78 is 1.90. The minimum atomic E-state index is 0.189. The Morgan fingerprint density at radius 1 is 1.64 bits per heavy atom. The first kappa shape index (κ1) is 9.71. The molecule has 1 saturated carbocycles. The maximum atomic E-state index is 6.17. The number of nitrogens with zero attached hydrogens (tertiary/aromatic N) is 2. The smallest absolute Gasteiger partial charge is 0.0540 e. The average molecular weight is 193 g/mol. The molecule has 0 aromatic carbocycles. The standard InChI is InChI=1S/C11H19N3/c1-8-10(7-13-14(8)2)11(12)6-9-4-3-5-9/h7,9,11H,3-6,12H2,1-2H3. The van der Waals surface area contributed by atoms with Crippen molar-refractivity contribution in [1.82, 2.24) is 9.78 Å². The molecule has 0 spiro atoms. The molecule has 1 aliphatic carbocycles. The van der Waals surface area contributed by atoms with Crippen LogP contribution in [-0.2, 0) is 7.05 Å². The lowest BCUT2D eigenvalue weighted by Gasteiger charge is -2.27. The first-order valence-corrected chi connectivity index (χ1v) is 5.42. The van der Waals surface area contributed by atoms with Gasteiger partial charge in [-0.15, -0.1) is 0 Å². The molecule has 3 heteroatoms. The molecular formula is C11H19N3. The average Bonchev–Trinajstić information content (AvgIpc) is 2.41. The van der Waals surface area contributed by atoms with Crippen LogP contribution in [-0.4, -0.2) is 9.78 Å². The van der Waals surface area contributed by atoms with Crippen LogP contribution < -0.4 is 5.73 Å². The molecule has 1 unspecified atom stereocenters. The molecule has 1 aromatic rings. The van der Waals surface area contributed by atoms with Crippen LogP contribution in [0.4, 0.5) is 0 Å². The summed E-state index contributed by atoms with van der Waals surface area (Å²) in [5.41, 5.74) is 8.59. The summed E-state index contributed by atoms with van der Waals surface area (Å²) in [6.45, 7) is 2.09. The summed E-state index contributed by atoms with van der Waals surface area (Å²) in [4.78, 5) is 0. The number of hydrogen-bond donors (Lipinski definition) is 1. The van der Waals surface area contributed by atoms with Crippen molar-refractivity contribution in [2.45, 2.75) is 38.6 Å². The van der Waals surface area contributed by atoms with Crippen LogP contribution >= 0.6 is 0 Å². The zero-order valence-electron chi connectivity index (χ0n) is 9.03. The minimum absolute atomic E-state index is 0.189. The van der Waals surface area contributed by atoms with E-state index in [2.05, 4.69) is 12.0 Å². The van der Waals surface area contributed by atoms with E-state index in [1.54, 1.807) is 0 Å². The zero-order chi connectivity index (χ0) is 10.1. The molecule has 0 aliphatic heterocycles. The topological polar surface area (TPSA) is 43.8 Å². The van der Waals surface area contributed by atoms with Crippen molar-refractivity contribution in [3.05, 3.63) is 17.5 Å². The van der Waals surface area contributed by atoms with Crippen molar-refractivity contribution in [1.29, 1.82) is 0 Å². The first-order chi connectivity index (χ1) is 6.68. The summed E-state index contributed by atoms with van der Waals surface area (Å²) in [5.74, 6) is 0.865. The van der Waals surface area contributed by atoms with Crippen LogP contribution in [0.3, 0.4) is 0 Å². The molecule has 1 aromatic heterocycles. The van der Waals surface area contributed by atoms with Gasteiger partial charge in [-0.2, -0.15) is 5.10 Å². The highest BCUT2D eigenvalue weighted by molar-refractivity contribution is 5.20. The number of aromatic nitrogens is 2. The van der Waals surface area contributed by atoms with Crippen LogP contribution in [0.1, 0.15) is 43.0 Å². The lowest BCUT2D eigenvalue weighted by Crippen LogP contribution is -2.20. The van der Waals surface area contributed by atoms with E-state index in [4.69, 9.17) is 5.73 Å². The zero-order valence-corrected chi connectivity index (χ0v) is 9.03. The third-order valence-corrected chi connectivity index (χ3v) is 3.48. The third kappa shape index (κ3) is 1.69. The number of aryl methyl sites for hydroxylation is 1. The van der Waals surface area contributed by atoms with E-state index in [0.29, 0.717) is 0 Å². The largest absolute Gasteiger partial charge is 0.324 e. The summed E-state index contributed by atoms with van der Waals surface area (Å²) in [6, 6.07) is 0.189. The lowest BCUT2D eigenvalue weighted by atomic mass is 9.80. The fourth-order valence-electron chi connectivity index (χ4n) is 2.09. The van der Waals surface area contributed by atoms with Gasteiger partial charge in [-0.25, -0.2) is 0 Å². The van der Waals surface area contributed by atoms with E-state index in [1.165, 1.54) is 30.5 Å². The summed E-state index contributed by atoms with van der Waals surface area (Å²) in [7, 11) is 1.97. The van der Waals surface area contributed by atoms with Gasteiger partial charge >= 0.3 is 0 Å². The molecule has 0 radical (unpaired) electrons. The summed E-state index contributed by atoms with van der Waals surface area (Å²) in [6.07, 6.45) is 7.18. The van der Waals surface area contributed by atoms with Crippen molar-refractivity contribution in [2.75, 3.05) is 0 Å². The quantitative estimate of drug-likeness (QED) is 0.797. The minimum Gasteiger partial charge on any atom is -0.324 e. The summed E-state index contributed by atoms with van der Waals surface area (Å²) >= 11 is 0. The SMILES string of the molecule is Cc1c(C(N)CC2CCC2)cnn1C. The van der Waals surface area contributed by atoms with E-state index in [-0.39, 0.29) is 6.04 Å². The molecule has 1 aliphatic rings. The second-order valence-corrected chi connectivity index (χ2v) is 4.45. The van der Waals surface area contributed by atoms with Gasteiger partial charge in [0.15, 0.2) is 0 Å². The fraction of sp³-hybridized carbons (Fsp3) is 0.727. The third-order valence-electron chi connectivity index (χ3n) is 3.48. The van der Waals surface area contributed by atoms with E-state index < -0.39 is 0 Å². The predicted octanol–water partition coefficient (Wildman–Crippen LogP) is 1.92. The monoisotopic (exact) mass is 193 g/mol. The van der Waals surface area contributed by atoms with Gasteiger partial charge < -0.3 is 5.73 Å². The Balaban J connectivity index is 2.02. The van der Waals surface area contributed by atoms with Gasteiger partial charge in [0.2, 0.25) is 0 Å². The molecular weight excluding hydrogens is 174 g/mol. The van der Waals surface area contributed by atoms with Crippen LogP contribution in [0.15, 0.2) is 6.20 Å². The molecule has 0 amide bonds. The van der Waals surface area contributed by atoms with Crippen LogP contribution in [0.25, 0.3) is 0 Å². The molecule has 1 heterocycles. The van der Waals surface area contributed by atoms with Gasteiger partial charge in [0, 0.05) is 24.3 Å². The Hall–Kier alpha value is -0.830. The van der Waals surface area contributed by atoms with Crippen molar-refractivity contribution in [3.8, 4) is 0 Å². The Morgan fingerprint density at radius 2 is 2.36 bits per heavy atom. The lowest BCUT2D eigenvalue weighted by molar-refractivity contribution is 0.277. The summed E-state index contributed by atoms with van der Waals surface area (Å²) in [5, 5.41) is 4.23. The van der Waals surface area contributed by atoms with E-state index in [9.17, 15) is 0 Å². The Morgan fingerprint density at radius 3 is 2.79 bits per heavy atom. The molecule has 1 atom stereocenters. The van der Waals surface area contributed by atoms with Gasteiger partial charge in [-0.05, 0) is 19.3 Å². The van der Waals surface area contributed by atoms with Crippen molar-refractivity contribution >= 4 is 0 Å². The number of rotatable bonds is 3. The molecule has 1 fully saturated rings. The van der Waals surface area contributed by atoms with E-state index in [1.807, 2.05) is 17.9 Å². The number of hydrogen-bond acceptors (Lipinski definition) is 2. The highest BCUT2D eigenvalue weighted by atomic mass is 15.3. The molecule has 78 valence electrons. The van der Waals surface area contributed by atoms with Crippen molar-refractivity contribution in [2.24, 2.45) is 18.7 Å². The normalized spacial score (nSPS) is 19.4. The predicted molar refractivity (Wildman–Crippen MR) is 56.8 cm³/mol. The highest BCUT2D eigenvalue weighted by Gasteiger charge is 2.22. The van der Waals surface area contributed by atoms with Gasteiger partial charge in [0.25, 0.3) is 0 Å². The molecule has 3 nitrogen and oxygen atoms in total. The molecule has 2 N–H and O–H groups in total. The molecule has 0 saturated heterocycles.